The first kappa shape index (κ1) is 16.9. The van der Waals surface area contributed by atoms with Gasteiger partial charge in [-0.3, -0.25) is 4.79 Å². The summed E-state index contributed by atoms with van der Waals surface area (Å²) in [6, 6.07) is 14.3. The van der Waals surface area contributed by atoms with Crippen molar-refractivity contribution in [2.24, 2.45) is 0 Å². The summed E-state index contributed by atoms with van der Waals surface area (Å²) in [6.45, 7) is 0.795. The van der Waals surface area contributed by atoms with E-state index in [4.69, 9.17) is 16.3 Å². The molecular weight excluding hydrogens is 342 g/mol. The van der Waals surface area contributed by atoms with Crippen molar-refractivity contribution in [3.63, 3.8) is 0 Å². The number of H-pyrrole nitrogens is 1. The van der Waals surface area contributed by atoms with Gasteiger partial charge in [-0.2, -0.15) is 5.21 Å². The van der Waals surface area contributed by atoms with Crippen LogP contribution in [-0.4, -0.2) is 51.6 Å². The number of halogens is 1. The van der Waals surface area contributed by atoms with Gasteiger partial charge in [-0.1, -0.05) is 35.9 Å². The van der Waals surface area contributed by atoms with Crippen molar-refractivity contribution in [2.45, 2.75) is 0 Å². The highest BCUT2D eigenvalue weighted by Gasteiger charge is 2.13. The maximum atomic E-state index is 12.4. The predicted octanol–water partition coefficient (Wildman–Crippen LogP) is 2.67. The Kier molecular flexibility index (Phi) is 5.25. The molecule has 0 spiro atoms. The number of aromatic nitrogens is 4. The number of aromatic amines is 1. The van der Waals surface area contributed by atoms with E-state index >= 15 is 0 Å². The monoisotopic (exact) mass is 357 g/mol. The Labute approximate surface area is 149 Å². The fourth-order valence-corrected chi connectivity index (χ4v) is 2.41. The van der Waals surface area contributed by atoms with E-state index in [1.807, 2.05) is 12.1 Å². The average molecular weight is 358 g/mol. The Morgan fingerprint density at radius 2 is 1.96 bits per heavy atom. The molecule has 1 amide bonds. The van der Waals surface area contributed by atoms with Gasteiger partial charge in [0.1, 0.15) is 12.4 Å². The van der Waals surface area contributed by atoms with Gasteiger partial charge in [0.15, 0.2) is 0 Å². The molecule has 3 rings (SSSR count). The summed E-state index contributed by atoms with van der Waals surface area (Å²) < 4.78 is 5.61. The van der Waals surface area contributed by atoms with Crippen molar-refractivity contribution in [2.75, 3.05) is 20.2 Å². The van der Waals surface area contributed by atoms with Crippen LogP contribution in [0.1, 0.15) is 10.4 Å². The lowest BCUT2D eigenvalue weighted by Crippen LogP contribution is -2.30. The molecular formula is C17H16ClN5O2. The number of para-hydroxylation sites is 1. The molecule has 7 nitrogen and oxygen atoms in total. The van der Waals surface area contributed by atoms with E-state index in [0.717, 1.165) is 5.56 Å². The maximum Gasteiger partial charge on any atom is 0.253 e. The van der Waals surface area contributed by atoms with E-state index in [1.165, 1.54) is 0 Å². The van der Waals surface area contributed by atoms with E-state index in [2.05, 4.69) is 20.6 Å². The fraction of sp³-hybridized carbons (Fsp3) is 0.176. The number of rotatable bonds is 6. The third-order valence-corrected chi connectivity index (χ3v) is 3.92. The normalized spacial score (nSPS) is 10.5. The lowest BCUT2D eigenvalue weighted by molar-refractivity contribution is 0.0774. The Balaban J connectivity index is 1.56. The van der Waals surface area contributed by atoms with Crippen LogP contribution in [0.3, 0.4) is 0 Å². The zero-order valence-corrected chi connectivity index (χ0v) is 14.3. The Bertz CT molecular complexity index is 837. The third-order valence-electron chi connectivity index (χ3n) is 3.60. The standard InChI is InChI=1S/C17H16ClN5O2/c1-23(10-11-25-15-5-3-2-4-14(15)18)17(24)13-8-6-12(7-9-13)16-19-21-22-20-16/h2-9H,10-11H2,1H3,(H,19,20,21,22). The van der Waals surface area contributed by atoms with Gasteiger partial charge in [0.2, 0.25) is 5.82 Å². The van der Waals surface area contributed by atoms with E-state index in [-0.39, 0.29) is 5.91 Å². The van der Waals surface area contributed by atoms with Gasteiger partial charge in [-0.25, -0.2) is 0 Å². The first-order valence-electron chi connectivity index (χ1n) is 7.62. The number of likely N-dealkylation sites (N-methyl/N-ethyl adjacent to an activating group) is 1. The minimum atomic E-state index is -0.0950. The summed E-state index contributed by atoms with van der Waals surface area (Å²) in [5.74, 6) is 0.998. The second-order valence-electron chi connectivity index (χ2n) is 5.32. The summed E-state index contributed by atoms with van der Waals surface area (Å²) in [4.78, 5) is 14.0. The van der Waals surface area contributed by atoms with E-state index in [0.29, 0.717) is 35.3 Å². The quantitative estimate of drug-likeness (QED) is 0.733. The SMILES string of the molecule is CN(CCOc1ccccc1Cl)C(=O)c1ccc(-c2nn[nH]n2)cc1. The number of ether oxygens (including phenoxy) is 1. The van der Waals surface area contributed by atoms with Crippen molar-refractivity contribution in [3.8, 4) is 17.1 Å². The highest BCUT2D eigenvalue weighted by molar-refractivity contribution is 6.32. The predicted molar refractivity (Wildman–Crippen MR) is 93.5 cm³/mol. The number of hydrogen-bond acceptors (Lipinski definition) is 5. The molecule has 0 saturated carbocycles. The molecule has 0 saturated heterocycles. The highest BCUT2D eigenvalue weighted by Crippen LogP contribution is 2.23. The lowest BCUT2D eigenvalue weighted by atomic mass is 10.1. The van der Waals surface area contributed by atoms with Crippen LogP contribution >= 0.6 is 11.6 Å². The number of nitrogens with zero attached hydrogens (tertiary/aromatic N) is 4. The molecule has 0 aliphatic rings. The topological polar surface area (TPSA) is 84.0 Å². The second-order valence-corrected chi connectivity index (χ2v) is 5.73. The summed E-state index contributed by atoms with van der Waals surface area (Å²) in [6.07, 6.45) is 0. The van der Waals surface area contributed by atoms with Crippen LogP contribution in [0.15, 0.2) is 48.5 Å². The summed E-state index contributed by atoms with van der Waals surface area (Å²) in [7, 11) is 1.73. The van der Waals surface area contributed by atoms with E-state index in [9.17, 15) is 4.79 Å². The van der Waals surface area contributed by atoms with Gasteiger partial charge in [-0.05, 0) is 29.5 Å². The van der Waals surface area contributed by atoms with E-state index in [1.54, 1.807) is 48.3 Å². The minimum absolute atomic E-state index is 0.0950. The van der Waals surface area contributed by atoms with Gasteiger partial charge >= 0.3 is 0 Å². The van der Waals surface area contributed by atoms with Gasteiger partial charge in [0.05, 0.1) is 11.6 Å². The fourth-order valence-electron chi connectivity index (χ4n) is 2.22. The van der Waals surface area contributed by atoms with Gasteiger partial charge in [0.25, 0.3) is 5.91 Å². The molecule has 25 heavy (non-hydrogen) atoms. The Morgan fingerprint density at radius 3 is 2.64 bits per heavy atom. The van der Waals surface area contributed by atoms with Gasteiger partial charge < -0.3 is 9.64 Å². The van der Waals surface area contributed by atoms with Crippen LogP contribution < -0.4 is 4.74 Å². The molecule has 1 aromatic heterocycles. The molecule has 0 unspecified atom stereocenters. The minimum Gasteiger partial charge on any atom is -0.490 e. The largest absolute Gasteiger partial charge is 0.490 e. The smallest absolute Gasteiger partial charge is 0.253 e. The molecule has 0 fully saturated rings. The summed E-state index contributed by atoms with van der Waals surface area (Å²) in [5, 5.41) is 14.3. The van der Waals surface area contributed by atoms with E-state index < -0.39 is 0 Å². The lowest BCUT2D eigenvalue weighted by Gasteiger charge is -2.18. The summed E-state index contributed by atoms with van der Waals surface area (Å²) >= 11 is 6.03. The molecule has 0 aliphatic carbocycles. The van der Waals surface area contributed by atoms with Crippen molar-refractivity contribution >= 4 is 17.5 Å². The van der Waals surface area contributed by atoms with Gasteiger partial charge in [0, 0.05) is 18.2 Å². The zero-order chi connectivity index (χ0) is 17.6. The molecule has 0 radical (unpaired) electrons. The van der Waals surface area contributed by atoms with Crippen molar-refractivity contribution in [1.29, 1.82) is 0 Å². The number of carbonyl (C=O) groups is 1. The first-order valence-corrected chi connectivity index (χ1v) is 7.99. The Morgan fingerprint density at radius 1 is 1.20 bits per heavy atom. The number of nitrogens with one attached hydrogen (secondary N) is 1. The van der Waals surface area contributed by atoms with Gasteiger partial charge in [-0.15, -0.1) is 10.2 Å². The maximum absolute atomic E-state index is 12.4. The van der Waals surface area contributed by atoms with Crippen LogP contribution in [0.4, 0.5) is 0 Å². The number of carbonyl (C=O) groups excluding carboxylic acids is 1. The zero-order valence-electron chi connectivity index (χ0n) is 13.5. The molecule has 8 heteroatoms. The molecule has 0 bridgehead atoms. The average Bonchev–Trinajstić information content (AvgIpc) is 3.17. The van der Waals surface area contributed by atoms with Crippen molar-refractivity contribution in [1.82, 2.24) is 25.5 Å². The second kappa shape index (κ2) is 7.76. The molecule has 3 aromatic rings. The van der Waals surface area contributed by atoms with Crippen LogP contribution in [0.5, 0.6) is 5.75 Å². The van der Waals surface area contributed by atoms with Crippen LogP contribution in [0.2, 0.25) is 5.02 Å². The molecule has 2 aromatic carbocycles. The van der Waals surface area contributed by atoms with Crippen molar-refractivity contribution < 1.29 is 9.53 Å². The van der Waals surface area contributed by atoms with Crippen LogP contribution in [0.25, 0.3) is 11.4 Å². The molecule has 0 atom stereocenters. The van der Waals surface area contributed by atoms with Crippen LogP contribution in [0, 0.1) is 0 Å². The molecule has 1 heterocycles. The number of tetrazole rings is 1. The molecule has 0 aliphatic heterocycles. The molecule has 1 N–H and O–H groups in total. The Hall–Kier alpha value is -2.93. The van der Waals surface area contributed by atoms with Crippen molar-refractivity contribution in [3.05, 3.63) is 59.1 Å². The number of hydrogen-bond donors (Lipinski definition) is 1. The summed E-state index contributed by atoms with van der Waals surface area (Å²) in [5.41, 5.74) is 1.36. The number of amides is 1. The molecule has 128 valence electrons. The third kappa shape index (κ3) is 4.13. The number of benzene rings is 2. The highest BCUT2D eigenvalue weighted by atomic mass is 35.5. The van der Waals surface area contributed by atoms with Crippen LogP contribution in [-0.2, 0) is 0 Å². The first-order chi connectivity index (χ1) is 12.1.